The molecule has 0 aromatic heterocycles. The van der Waals surface area contributed by atoms with Gasteiger partial charge in [0.05, 0.1) is 6.42 Å². The van der Waals surface area contributed by atoms with Gasteiger partial charge in [-0.1, -0.05) is 68.3 Å². The number of carbonyl (C=O) groups excluding carboxylic acids is 2. The third-order valence-corrected chi connectivity index (χ3v) is 7.11. The molecule has 1 fully saturated rings. The molecular formula is C27H32N2O5. The minimum atomic E-state index is -0.851. The van der Waals surface area contributed by atoms with Crippen LogP contribution in [-0.2, 0) is 14.3 Å². The highest BCUT2D eigenvalue weighted by Gasteiger charge is 2.39. The summed E-state index contributed by atoms with van der Waals surface area (Å²) in [6.45, 7) is 2.43. The monoisotopic (exact) mass is 464 g/mol. The number of aliphatic carboxylic acids is 1. The summed E-state index contributed by atoms with van der Waals surface area (Å²) in [6, 6.07) is 15.5. The number of carboxylic acids is 1. The Labute approximate surface area is 199 Å². The molecule has 0 spiro atoms. The van der Waals surface area contributed by atoms with Crippen LogP contribution in [-0.4, -0.2) is 42.3 Å². The number of benzene rings is 2. The highest BCUT2D eigenvalue weighted by molar-refractivity contribution is 5.86. The van der Waals surface area contributed by atoms with Crippen LogP contribution in [0.5, 0.6) is 0 Å². The molecule has 1 saturated carbocycles. The van der Waals surface area contributed by atoms with Gasteiger partial charge in [0.15, 0.2) is 0 Å². The first-order valence-corrected chi connectivity index (χ1v) is 12.0. The summed E-state index contributed by atoms with van der Waals surface area (Å²) < 4.78 is 5.59. The van der Waals surface area contributed by atoms with Gasteiger partial charge in [-0.2, -0.15) is 0 Å². The van der Waals surface area contributed by atoms with Crippen molar-refractivity contribution in [3.63, 3.8) is 0 Å². The number of fused-ring (bicyclic) bond motifs is 3. The molecule has 2 amide bonds. The molecule has 4 rings (SSSR count). The van der Waals surface area contributed by atoms with Gasteiger partial charge in [-0.25, -0.2) is 4.79 Å². The molecule has 3 N–H and O–H groups in total. The first-order chi connectivity index (χ1) is 16.4. The smallest absolute Gasteiger partial charge is 0.407 e. The third kappa shape index (κ3) is 5.08. The quantitative estimate of drug-likeness (QED) is 0.482. The lowest BCUT2D eigenvalue weighted by Gasteiger charge is -2.41. The molecular weight excluding hydrogens is 432 g/mol. The van der Waals surface area contributed by atoms with Crippen LogP contribution in [0, 0.1) is 5.41 Å². The number of ether oxygens (including phenoxy) is 1. The van der Waals surface area contributed by atoms with Gasteiger partial charge in [0, 0.05) is 12.5 Å². The lowest BCUT2D eigenvalue weighted by molar-refractivity contribution is -0.142. The summed E-state index contributed by atoms with van der Waals surface area (Å²) >= 11 is 0. The number of nitrogens with one attached hydrogen (secondary N) is 2. The Balaban J connectivity index is 1.34. The third-order valence-electron chi connectivity index (χ3n) is 7.11. The van der Waals surface area contributed by atoms with Crippen LogP contribution in [0.1, 0.15) is 62.5 Å². The number of hydrogen-bond donors (Lipinski definition) is 3. The maximum absolute atomic E-state index is 12.8. The summed E-state index contributed by atoms with van der Waals surface area (Å²) in [4.78, 5) is 36.6. The highest BCUT2D eigenvalue weighted by Crippen LogP contribution is 2.45. The van der Waals surface area contributed by atoms with Crippen LogP contribution in [0.25, 0.3) is 11.1 Å². The van der Waals surface area contributed by atoms with Gasteiger partial charge in [0.2, 0.25) is 5.91 Å². The Bertz CT molecular complexity index is 1020. The van der Waals surface area contributed by atoms with Gasteiger partial charge in [-0.3, -0.25) is 9.59 Å². The van der Waals surface area contributed by atoms with Crippen molar-refractivity contribution in [1.82, 2.24) is 10.6 Å². The topological polar surface area (TPSA) is 105 Å². The maximum Gasteiger partial charge on any atom is 0.407 e. The molecule has 2 aliphatic carbocycles. The number of hydrogen-bond acceptors (Lipinski definition) is 4. The van der Waals surface area contributed by atoms with Gasteiger partial charge < -0.3 is 20.5 Å². The SMILES string of the molecule is CCC[C@H](NC(=O)OCC1c2ccccc2-c2ccccc21)C(=O)NCC1(CC(=O)O)CCC1. The Morgan fingerprint density at radius 1 is 1.06 bits per heavy atom. The minimum absolute atomic E-state index is 0.0472. The molecule has 0 saturated heterocycles. The largest absolute Gasteiger partial charge is 0.481 e. The van der Waals surface area contributed by atoms with E-state index in [2.05, 4.69) is 34.9 Å². The van der Waals surface area contributed by atoms with E-state index in [9.17, 15) is 19.5 Å². The molecule has 0 radical (unpaired) electrons. The normalized spacial score (nSPS) is 16.5. The first-order valence-electron chi connectivity index (χ1n) is 12.0. The van der Waals surface area contributed by atoms with Gasteiger partial charge in [-0.05, 0) is 46.9 Å². The molecule has 0 unspecified atom stereocenters. The van der Waals surface area contributed by atoms with E-state index in [0.717, 1.165) is 41.5 Å². The minimum Gasteiger partial charge on any atom is -0.481 e. The molecule has 7 heteroatoms. The highest BCUT2D eigenvalue weighted by atomic mass is 16.5. The Morgan fingerprint density at radius 3 is 2.21 bits per heavy atom. The summed E-state index contributed by atoms with van der Waals surface area (Å²) in [5, 5.41) is 14.8. The molecule has 0 bridgehead atoms. The fourth-order valence-electron chi connectivity index (χ4n) is 5.15. The van der Waals surface area contributed by atoms with Crippen molar-refractivity contribution >= 4 is 18.0 Å². The van der Waals surface area contributed by atoms with E-state index in [1.807, 2.05) is 31.2 Å². The predicted octanol–water partition coefficient (Wildman–Crippen LogP) is 4.46. The molecule has 0 heterocycles. The Kier molecular flexibility index (Phi) is 7.20. The van der Waals surface area contributed by atoms with E-state index in [4.69, 9.17) is 4.74 Å². The van der Waals surface area contributed by atoms with E-state index in [0.29, 0.717) is 19.4 Å². The van der Waals surface area contributed by atoms with Crippen LogP contribution in [0.2, 0.25) is 0 Å². The summed E-state index contributed by atoms with van der Waals surface area (Å²) in [7, 11) is 0. The number of alkyl carbamates (subject to hydrolysis) is 1. The van der Waals surface area contributed by atoms with E-state index in [1.54, 1.807) is 0 Å². The molecule has 2 aromatic rings. The summed E-state index contributed by atoms with van der Waals surface area (Å²) in [6.07, 6.45) is 3.16. The van der Waals surface area contributed by atoms with Gasteiger partial charge in [0.25, 0.3) is 0 Å². The molecule has 7 nitrogen and oxygen atoms in total. The van der Waals surface area contributed by atoms with Crippen molar-refractivity contribution in [3.8, 4) is 11.1 Å². The van der Waals surface area contributed by atoms with Crippen molar-refractivity contribution in [2.24, 2.45) is 5.41 Å². The number of rotatable bonds is 10. The summed E-state index contributed by atoms with van der Waals surface area (Å²) in [5.74, 6) is -1.20. The van der Waals surface area contributed by atoms with Crippen LogP contribution < -0.4 is 10.6 Å². The Hall–Kier alpha value is -3.35. The van der Waals surface area contributed by atoms with Gasteiger partial charge in [0.1, 0.15) is 12.6 Å². The molecule has 2 aromatic carbocycles. The molecule has 34 heavy (non-hydrogen) atoms. The second kappa shape index (κ2) is 10.3. The van der Waals surface area contributed by atoms with Crippen molar-refractivity contribution in [3.05, 3.63) is 59.7 Å². The fraction of sp³-hybridized carbons (Fsp3) is 0.444. The average molecular weight is 465 g/mol. The van der Waals surface area contributed by atoms with E-state index in [1.165, 1.54) is 0 Å². The zero-order valence-electron chi connectivity index (χ0n) is 19.5. The van der Waals surface area contributed by atoms with Crippen molar-refractivity contribution in [2.45, 2.75) is 57.4 Å². The number of carboxylic acid groups (broad SMARTS) is 1. The van der Waals surface area contributed by atoms with E-state index < -0.39 is 18.1 Å². The van der Waals surface area contributed by atoms with Crippen molar-refractivity contribution in [1.29, 1.82) is 0 Å². The zero-order valence-corrected chi connectivity index (χ0v) is 19.5. The second-order valence-corrected chi connectivity index (χ2v) is 9.45. The van der Waals surface area contributed by atoms with E-state index >= 15 is 0 Å². The van der Waals surface area contributed by atoms with Crippen LogP contribution in [0.15, 0.2) is 48.5 Å². The maximum atomic E-state index is 12.8. The molecule has 0 aliphatic heterocycles. The lowest BCUT2D eigenvalue weighted by atomic mass is 9.66. The number of carbonyl (C=O) groups is 3. The Morgan fingerprint density at radius 2 is 1.68 bits per heavy atom. The van der Waals surface area contributed by atoms with Crippen LogP contribution in [0.4, 0.5) is 4.79 Å². The van der Waals surface area contributed by atoms with Gasteiger partial charge >= 0.3 is 12.1 Å². The lowest BCUT2D eigenvalue weighted by Crippen LogP contribution is -2.51. The molecule has 1 atom stereocenters. The summed E-state index contributed by atoms with van der Waals surface area (Å²) in [5.41, 5.74) is 4.19. The fourth-order valence-corrected chi connectivity index (χ4v) is 5.15. The van der Waals surface area contributed by atoms with Crippen molar-refractivity contribution < 1.29 is 24.2 Å². The van der Waals surface area contributed by atoms with Gasteiger partial charge in [-0.15, -0.1) is 0 Å². The molecule has 2 aliphatic rings. The van der Waals surface area contributed by atoms with Crippen LogP contribution in [0.3, 0.4) is 0 Å². The van der Waals surface area contributed by atoms with E-state index in [-0.39, 0.29) is 30.3 Å². The first kappa shape index (κ1) is 23.8. The zero-order chi connectivity index (χ0) is 24.1. The molecule has 180 valence electrons. The van der Waals surface area contributed by atoms with Crippen molar-refractivity contribution in [2.75, 3.05) is 13.2 Å². The predicted molar refractivity (Wildman–Crippen MR) is 128 cm³/mol. The second-order valence-electron chi connectivity index (χ2n) is 9.45. The van der Waals surface area contributed by atoms with Crippen LogP contribution >= 0.6 is 0 Å². The number of amides is 2. The standard InChI is InChI=1S/C27H32N2O5/c1-2-8-23(25(32)28-17-27(13-7-14-27)15-24(30)31)29-26(33)34-16-22-20-11-5-3-9-18(20)19-10-4-6-12-21(19)22/h3-6,9-12,22-23H,2,7-8,13-17H2,1H3,(H,28,32)(H,29,33)(H,30,31)/t23-/m0/s1. The average Bonchev–Trinajstić information content (AvgIpc) is 3.12.